The van der Waals surface area contributed by atoms with E-state index < -0.39 is 11.7 Å². The van der Waals surface area contributed by atoms with Gasteiger partial charge in [0.05, 0.1) is 18.3 Å². The number of aliphatic hydroxyl groups is 1. The van der Waals surface area contributed by atoms with E-state index in [-0.39, 0.29) is 29.5 Å². The molecule has 2 aromatic carbocycles. The van der Waals surface area contributed by atoms with Crippen LogP contribution in [-0.4, -0.2) is 70.4 Å². The predicted molar refractivity (Wildman–Crippen MR) is 151 cm³/mol. The second-order valence-corrected chi connectivity index (χ2v) is 10.4. The van der Waals surface area contributed by atoms with E-state index in [1.54, 1.807) is 18.0 Å². The van der Waals surface area contributed by atoms with Gasteiger partial charge in [0, 0.05) is 61.7 Å². The molecule has 1 fully saturated rings. The quantitative estimate of drug-likeness (QED) is 0.362. The molecule has 0 radical (unpaired) electrons. The number of fused-ring (bicyclic) bond motifs is 2. The molecule has 0 atom stereocenters. The fourth-order valence-corrected chi connectivity index (χ4v) is 5.80. The van der Waals surface area contributed by atoms with Crippen molar-refractivity contribution >= 4 is 51.6 Å². The minimum absolute atomic E-state index is 0.0415. The number of aromatic nitrogens is 3. The van der Waals surface area contributed by atoms with E-state index in [0.29, 0.717) is 17.8 Å². The van der Waals surface area contributed by atoms with Gasteiger partial charge in [0.15, 0.2) is 0 Å². The first-order chi connectivity index (χ1) is 18.9. The SMILES string of the molecule is CN1CN(c2c(F)cccc2Cl)C(=O)c2cnc(Nc3ccc4c(ccn4C4CCN(CCO)CC4)c3)nc21. The van der Waals surface area contributed by atoms with Crippen LogP contribution in [0.2, 0.25) is 5.02 Å². The Balaban J connectivity index is 1.20. The average Bonchev–Trinajstić information content (AvgIpc) is 3.35. The van der Waals surface area contributed by atoms with Crippen molar-refractivity contribution in [3.05, 3.63) is 71.3 Å². The van der Waals surface area contributed by atoms with Gasteiger partial charge in [-0.05, 0) is 49.2 Å². The van der Waals surface area contributed by atoms with Crippen molar-refractivity contribution in [1.29, 1.82) is 0 Å². The van der Waals surface area contributed by atoms with Crippen LogP contribution in [0.25, 0.3) is 10.9 Å². The van der Waals surface area contributed by atoms with Crippen LogP contribution in [0.4, 0.5) is 27.5 Å². The number of benzene rings is 2. The maximum absolute atomic E-state index is 14.5. The number of piperidine rings is 1. The third-order valence-corrected chi connectivity index (χ3v) is 7.82. The summed E-state index contributed by atoms with van der Waals surface area (Å²) < 4.78 is 16.9. The maximum atomic E-state index is 14.5. The number of anilines is 4. The largest absolute Gasteiger partial charge is 0.395 e. The van der Waals surface area contributed by atoms with Gasteiger partial charge in [-0.25, -0.2) is 9.37 Å². The van der Waals surface area contributed by atoms with Gasteiger partial charge in [0.2, 0.25) is 5.95 Å². The Labute approximate surface area is 230 Å². The third-order valence-electron chi connectivity index (χ3n) is 7.51. The average molecular weight is 550 g/mol. The molecule has 0 saturated carbocycles. The van der Waals surface area contributed by atoms with E-state index in [1.165, 1.54) is 28.7 Å². The molecule has 2 aromatic heterocycles. The third kappa shape index (κ3) is 4.80. The molecule has 4 heterocycles. The monoisotopic (exact) mass is 549 g/mol. The van der Waals surface area contributed by atoms with Gasteiger partial charge in [-0.1, -0.05) is 17.7 Å². The maximum Gasteiger partial charge on any atom is 0.265 e. The zero-order valence-corrected chi connectivity index (χ0v) is 22.3. The molecule has 4 aromatic rings. The van der Waals surface area contributed by atoms with E-state index in [4.69, 9.17) is 11.6 Å². The fourth-order valence-electron chi connectivity index (χ4n) is 5.53. The first kappa shape index (κ1) is 25.5. The van der Waals surface area contributed by atoms with E-state index >= 15 is 0 Å². The van der Waals surface area contributed by atoms with Gasteiger partial charge in [-0.15, -0.1) is 0 Å². The summed E-state index contributed by atoms with van der Waals surface area (Å²) in [6, 6.07) is 13.0. The Kier molecular flexibility index (Phi) is 6.84. The highest BCUT2D eigenvalue weighted by atomic mass is 35.5. The molecule has 2 aliphatic heterocycles. The minimum Gasteiger partial charge on any atom is -0.395 e. The number of carbonyl (C=O) groups is 1. The van der Waals surface area contributed by atoms with Crippen molar-refractivity contribution in [3.8, 4) is 0 Å². The Morgan fingerprint density at radius 1 is 1.18 bits per heavy atom. The number of β-amino-alcohol motifs (C(OH)–C–C–N with tert-alkyl or cyclic N) is 1. The van der Waals surface area contributed by atoms with Gasteiger partial charge < -0.3 is 24.8 Å². The van der Waals surface area contributed by atoms with E-state index in [9.17, 15) is 14.3 Å². The van der Waals surface area contributed by atoms with Crippen LogP contribution in [0.5, 0.6) is 0 Å². The summed E-state index contributed by atoms with van der Waals surface area (Å²) in [5.41, 5.74) is 2.32. The van der Waals surface area contributed by atoms with Crippen molar-refractivity contribution in [2.75, 3.05) is 55.1 Å². The summed E-state index contributed by atoms with van der Waals surface area (Å²) in [7, 11) is 1.78. The molecule has 0 spiro atoms. The molecule has 1 amide bonds. The van der Waals surface area contributed by atoms with Crippen LogP contribution < -0.4 is 15.1 Å². The number of hydrogen-bond acceptors (Lipinski definition) is 7. The molecule has 2 aliphatic rings. The fraction of sp³-hybridized carbons (Fsp3) is 0.321. The van der Waals surface area contributed by atoms with Gasteiger partial charge >= 0.3 is 0 Å². The zero-order chi connectivity index (χ0) is 27.1. The highest BCUT2D eigenvalue weighted by Gasteiger charge is 2.33. The minimum atomic E-state index is -0.566. The van der Waals surface area contributed by atoms with E-state index in [0.717, 1.165) is 43.5 Å². The highest BCUT2D eigenvalue weighted by Crippen LogP contribution is 2.35. The molecule has 0 bridgehead atoms. The number of amides is 1. The lowest BCUT2D eigenvalue weighted by Gasteiger charge is -2.35. The molecule has 0 aliphatic carbocycles. The Morgan fingerprint density at radius 3 is 2.77 bits per heavy atom. The molecule has 1 saturated heterocycles. The van der Waals surface area contributed by atoms with Crippen molar-refractivity contribution in [1.82, 2.24) is 19.4 Å². The number of nitrogens with one attached hydrogen (secondary N) is 1. The van der Waals surface area contributed by atoms with E-state index in [1.807, 2.05) is 6.07 Å². The molecule has 11 heteroatoms. The molecule has 9 nitrogen and oxygen atoms in total. The summed E-state index contributed by atoms with van der Waals surface area (Å²) in [5.74, 6) is -0.156. The first-order valence-corrected chi connectivity index (χ1v) is 13.4. The van der Waals surface area contributed by atoms with Gasteiger partial charge in [0.25, 0.3) is 5.91 Å². The van der Waals surface area contributed by atoms with Crippen LogP contribution in [0.1, 0.15) is 29.2 Å². The van der Waals surface area contributed by atoms with Crippen LogP contribution in [-0.2, 0) is 0 Å². The van der Waals surface area contributed by atoms with Crippen LogP contribution >= 0.6 is 11.6 Å². The first-order valence-electron chi connectivity index (χ1n) is 13.0. The van der Waals surface area contributed by atoms with Gasteiger partial charge in [-0.3, -0.25) is 9.69 Å². The summed E-state index contributed by atoms with van der Waals surface area (Å²) in [6.45, 7) is 3.02. The normalized spacial score (nSPS) is 16.7. The van der Waals surface area contributed by atoms with Crippen LogP contribution in [0.15, 0.2) is 54.9 Å². The molecule has 6 rings (SSSR count). The van der Waals surface area contributed by atoms with E-state index in [2.05, 4.69) is 49.1 Å². The molecule has 0 unspecified atom stereocenters. The second kappa shape index (κ2) is 10.4. The zero-order valence-electron chi connectivity index (χ0n) is 21.5. The van der Waals surface area contributed by atoms with Crippen molar-refractivity contribution < 1.29 is 14.3 Å². The predicted octanol–water partition coefficient (Wildman–Crippen LogP) is 4.65. The molecular weight excluding hydrogens is 521 g/mol. The number of halogens is 2. The van der Waals surface area contributed by atoms with Crippen molar-refractivity contribution in [3.63, 3.8) is 0 Å². The summed E-state index contributed by atoms with van der Waals surface area (Å²) in [6.07, 6.45) is 5.71. The number of nitrogens with zero attached hydrogens (tertiary/aromatic N) is 6. The lowest BCUT2D eigenvalue weighted by molar-refractivity contribution is 0.0981. The van der Waals surface area contributed by atoms with Crippen LogP contribution in [0.3, 0.4) is 0 Å². The summed E-state index contributed by atoms with van der Waals surface area (Å²) in [5, 5.41) is 13.7. The molecule has 202 valence electrons. The Hall–Kier alpha value is -3.73. The number of hydrogen-bond donors (Lipinski definition) is 2. The number of rotatable bonds is 6. The Morgan fingerprint density at radius 2 is 2.00 bits per heavy atom. The molecular formula is C28H29ClFN7O2. The highest BCUT2D eigenvalue weighted by molar-refractivity contribution is 6.34. The lowest BCUT2D eigenvalue weighted by atomic mass is 10.0. The van der Waals surface area contributed by atoms with Crippen molar-refractivity contribution in [2.24, 2.45) is 0 Å². The van der Waals surface area contributed by atoms with Crippen LogP contribution in [0, 0.1) is 5.82 Å². The number of para-hydroxylation sites is 1. The van der Waals surface area contributed by atoms with Gasteiger partial charge in [-0.2, -0.15) is 4.98 Å². The second-order valence-electron chi connectivity index (χ2n) is 9.99. The van der Waals surface area contributed by atoms with Gasteiger partial charge in [0.1, 0.15) is 22.9 Å². The lowest BCUT2D eigenvalue weighted by Crippen LogP contribution is -2.46. The molecule has 2 N–H and O–H groups in total. The topological polar surface area (TPSA) is 89.8 Å². The summed E-state index contributed by atoms with van der Waals surface area (Å²) >= 11 is 6.22. The number of aliphatic hydroxyl groups excluding tert-OH is 1. The number of carbonyl (C=O) groups excluding carboxylic acids is 1. The Bertz CT molecular complexity index is 1520. The summed E-state index contributed by atoms with van der Waals surface area (Å²) in [4.78, 5) is 27.6. The standard InChI is InChI=1S/C28H29ClFN7O2/c1-34-17-37(25-22(29)3-2-4-23(25)30)27(39)21-16-31-28(33-26(21)34)32-19-5-6-24-18(15-19)7-12-36(24)20-8-10-35(11-9-20)13-14-38/h2-7,12,15-16,20,38H,8-11,13-14,17H2,1H3,(H,31,32,33). The number of likely N-dealkylation sites (tertiary alicyclic amines) is 1. The smallest absolute Gasteiger partial charge is 0.265 e. The van der Waals surface area contributed by atoms with Crippen molar-refractivity contribution in [2.45, 2.75) is 18.9 Å². The molecule has 39 heavy (non-hydrogen) atoms.